The van der Waals surface area contributed by atoms with E-state index in [-0.39, 0.29) is 12.3 Å². The highest BCUT2D eigenvalue weighted by Crippen LogP contribution is 2.21. The molecule has 0 saturated heterocycles. The van der Waals surface area contributed by atoms with Crippen molar-refractivity contribution in [3.63, 3.8) is 0 Å². The number of carboxylic acid groups (broad SMARTS) is 1. The maximum atomic E-state index is 11.4. The number of ether oxygens (including phenoxy) is 1. The van der Waals surface area contributed by atoms with Gasteiger partial charge in [-0.25, -0.2) is 4.79 Å². The van der Waals surface area contributed by atoms with Gasteiger partial charge >= 0.3 is 5.97 Å². The van der Waals surface area contributed by atoms with Crippen LogP contribution in [0, 0.1) is 0 Å². The molecule has 2 rings (SSSR count). The monoisotopic (exact) mass is 325 g/mol. The summed E-state index contributed by atoms with van der Waals surface area (Å²) in [4.78, 5) is 16.0. The van der Waals surface area contributed by atoms with Crippen LogP contribution in [0.15, 0.2) is 66.3 Å². The van der Waals surface area contributed by atoms with E-state index in [0.717, 1.165) is 11.3 Å². The lowest BCUT2D eigenvalue weighted by atomic mass is 10.0. The molecule has 5 nitrogen and oxygen atoms in total. The van der Waals surface area contributed by atoms with Crippen molar-refractivity contribution in [3.05, 3.63) is 77.9 Å². The predicted octanol–water partition coefficient (Wildman–Crippen LogP) is 3.43. The van der Waals surface area contributed by atoms with Gasteiger partial charge in [0.25, 0.3) is 0 Å². The van der Waals surface area contributed by atoms with Gasteiger partial charge in [0, 0.05) is 5.56 Å². The lowest BCUT2D eigenvalue weighted by Crippen LogP contribution is -2.17. The number of allylic oxidation sites excluding steroid dienone is 1. The zero-order chi connectivity index (χ0) is 17.4. The van der Waals surface area contributed by atoms with Crippen molar-refractivity contribution in [1.29, 1.82) is 0 Å². The summed E-state index contributed by atoms with van der Waals surface area (Å²) in [5.74, 6) is -0.413. The second kappa shape index (κ2) is 8.53. The maximum absolute atomic E-state index is 11.4. The first-order valence-electron chi connectivity index (χ1n) is 7.41. The number of rotatable bonds is 8. The summed E-state index contributed by atoms with van der Waals surface area (Å²) >= 11 is 0. The molecule has 0 aliphatic rings. The fourth-order valence-corrected chi connectivity index (χ4v) is 2.30. The molecule has 0 aliphatic carbocycles. The molecular weight excluding hydrogens is 306 g/mol. The highest BCUT2D eigenvalue weighted by molar-refractivity contribution is 6.42. The quantitative estimate of drug-likeness (QED) is 0.459. The van der Waals surface area contributed by atoms with Crippen LogP contribution < -0.4 is 4.74 Å². The molecule has 0 radical (unpaired) electrons. The minimum atomic E-state index is -1.16. The average molecular weight is 325 g/mol. The summed E-state index contributed by atoms with van der Waals surface area (Å²) in [6, 6.07) is 14.7. The van der Waals surface area contributed by atoms with E-state index in [1.807, 2.05) is 36.4 Å². The number of para-hydroxylation sites is 1. The smallest absolute Gasteiger partial charge is 0.358 e. The van der Waals surface area contributed by atoms with Crippen LogP contribution >= 0.6 is 0 Å². The Balaban J connectivity index is 2.27. The van der Waals surface area contributed by atoms with E-state index < -0.39 is 5.97 Å². The van der Waals surface area contributed by atoms with Gasteiger partial charge < -0.3 is 14.7 Å². The molecule has 0 spiro atoms. The minimum absolute atomic E-state index is 0.156. The van der Waals surface area contributed by atoms with Crippen LogP contribution in [0.3, 0.4) is 0 Å². The van der Waals surface area contributed by atoms with Gasteiger partial charge in [-0.15, -0.1) is 6.58 Å². The summed E-state index contributed by atoms with van der Waals surface area (Å²) in [6.45, 7) is 3.96. The lowest BCUT2D eigenvalue weighted by molar-refractivity contribution is -0.129. The lowest BCUT2D eigenvalue weighted by Gasteiger charge is -2.13. The predicted molar refractivity (Wildman–Crippen MR) is 92.3 cm³/mol. The zero-order valence-corrected chi connectivity index (χ0v) is 13.4. The second-order valence-corrected chi connectivity index (χ2v) is 4.97. The number of hydrogen-bond acceptors (Lipinski definition) is 4. The van der Waals surface area contributed by atoms with Crippen molar-refractivity contribution < 1.29 is 19.5 Å². The third-order valence-electron chi connectivity index (χ3n) is 3.38. The van der Waals surface area contributed by atoms with Crippen LogP contribution in [-0.2, 0) is 22.7 Å². The van der Waals surface area contributed by atoms with Crippen molar-refractivity contribution in [1.82, 2.24) is 0 Å². The van der Waals surface area contributed by atoms with Gasteiger partial charge in [-0.2, -0.15) is 0 Å². The van der Waals surface area contributed by atoms with E-state index in [2.05, 4.69) is 16.6 Å². The molecule has 1 N–H and O–H groups in total. The summed E-state index contributed by atoms with van der Waals surface area (Å²) in [5, 5.41) is 12.9. The third kappa shape index (κ3) is 4.23. The molecule has 5 heteroatoms. The standard InChI is InChI=1S/C19H19NO4/c1-3-8-14-9-5-7-12-17(14)24-13-15-10-4-6-11-16(15)18(19(21)22)20-23-2/h3-7,9-12H,1,8,13H2,2H3,(H,21,22). The Bertz CT molecular complexity index is 753. The van der Waals surface area contributed by atoms with Gasteiger partial charge in [-0.05, 0) is 23.6 Å². The number of carbonyl (C=O) groups is 1. The average Bonchev–Trinajstić information content (AvgIpc) is 2.59. The molecule has 124 valence electrons. The Kier molecular flexibility index (Phi) is 6.14. The van der Waals surface area contributed by atoms with E-state index in [0.29, 0.717) is 17.5 Å². The SMILES string of the molecule is C=CCc1ccccc1OCc1ccccc1C(=NOC)C(=O)O. The number of aliphatic carboxylic acids is 1. The van der Waals surface area contributed by atoms with Crippen molar-refractivity contribution in [3.8, 4) is 5.75 Å². The Morgan fingerprint density at radius 1 is 1.17 bits per heavy atom. The normalized spacial score (nSPS) is 11.0. The summed E-state index contributed by atoms with van der Waals surface area (Å²) in [5.41, 5.74) is 2.04. The Labute approximate surface area is 140 Å². The molecule has 24 heavy (non-hydrogen) atoms. The number of carboxylic acids is 1. The first-order chi connectivity index (χ1) is 11.7. The molecule has 0 saturated carbocycles. The number of nitrogens with zero attached hydrogens (tertiary/aromatic N) is 1. The van der Waals surface area contributed by atoms with Crippen LogP contribution in [0.5, 0.6) is 5.75 Å². The van der Waals surface area contributed by atoms with Crippen LogP contribution in [0.1, 0.15) is 16.7 Å². The highest BCUT2D eigenvalue weighted by atomic mass is 16.6. The van der Waals surface area contributed by atoms with Crippen LogP contribution in [0.2, 0.25) is 0 Å². The largest absolute Gasteiger partial charge is 0.489 e. The zero-order valence-electron chi connectivity index (χ0n) is 13.4. The Morgan fingerprint density at radius 3 is 2.50 bits per heavy atom. The molecule has 0 aliphatic heterocycles. The number of oxime groups is 1. The number of hydrogen-bond donors (Lipinski definition) is 1. The van der Waals surface area contributed by atoms with Crippen LogP contribution in [0.25, 0.3) is 0 Å². The van der Waals surface area contributed by atoms with Gasteiger partial charge in [0.15, 0.2) is 5.71 Å². The van der Waals surface area contributed by atoms with Gasteiger partial charge in [0.2, 0.25) is 0 Å². The molecule has 0 unspecified atom stereocenters. The molecule has 0 heterocycles. The van der Waals surface area contributed by atoms with E-state index in [1.165, 1.54) is 7.11 Å². The fourth-order valence-electron chi connectivity index (χ4n) is 2.30. The summed E-state index contributed by atoms with van der Waals surface area (Å²) in [6.07, 6.45) is 2.51. The van der Waals surface area contributed by atoms with Crippen molar-refractivity contribution in [2.45, 2.75) is 13.0 Å². The van der Waals surface area contributed by atoms with Crippen molar-refractivity contribution in [2.24, 2.45) is 5.16 Å². The molecule has 0 bridgehead atoms. The molecule has 0 aromatic heterocycles. The summed E-state index contributed by atoms with van der Waals surface area (Å²) < 4.78 is 5.89. The van der Waals surface area contributed by atoms with Crippen LogP contribution in [0.4, 0.5) is 0 Å². The van der Waals surface area contributed by atoms with Gasteiger partial charge in [-0.3, -0.25) is 0 Å². The van der Waals surface area contributed by atoms with Gasteiger partial charge in [0.05, 0.1) is 0 Å². The molecule has 0 atom stereocenters. The third-order valence-corrected chi connectivity index (χ3v) is 3.38. The van der Waals surface area contributed by atoms with E-state index >= 15 is 0 Å². The first kappa shape index (κ1) is 17.3. The van der Waals surface area contributed by atoms with E-state index in [1.54, 1.807) is 18.2 Å². The van der Waals surface area contributed by atoms with Gasteiger partial charge in [-0.1, -0.05) is 53.7 Å². The molecule has 0 fully saturated rings. The van der Waals surface area contributed by atoms with E-state index in [9.17, 15) is 9.90 Å². The number of benzene rings is 2. The molecule has 2 aromatic rings. The minimum Gasteiger partial charge on any atom is -0.489 e. The summed E-state index contributed by atoms with van der Waals surface area (Å²) in [7, 11) is 1.31. The maximum Gasteiger partial charge on any atom is 0.358 e. The molecule has 0 amide bonds. The van der Waals surface area contributed by atoms with E-state index in [4.69, 9.17) is 4.74 Å². The van der Waals surface area contributed by atoms with Crippen molar-refractivity contribution >= 4 is 11.7 Å². The highest BCUT2D eigenvalue weighted by Gasteiger charge is 2.17. The Hall–Kier alpha value is -3.08. The van der Waals surface area contributed by atoms with Gasteiger partial charge in [0.1, 0.15) is 19.5 Å². The molecule has 2 aromatic carbocycles. The fraction of sp³-hybridized carbons (Fsp3) is 0.158. The van der Waals surface area contributed by atoms with Crippen molar-refractivity contribution in [2.75, 3.05) is 7.11 Å². The Morgan fingerprint density at radius 2 is 1.83 bits per heavy atom. The topological polar surface area (TPSA) is 68.1 Å². The van der Waals surface area contributed by atoms with Crippen LogP contribution in [-0.4, -0.2) is 23.9 Å². The first-order valence-corrected chi connectivity index (χ1v) is 7.41. The second-order valence-electron chi connectivity index (χ2n) is 4.97. The molecular formula is C19H19NO4.